The van der Waals surface area contributed by atoms with Gasteiger partial charge in [-0.3, -0.25) is 14.5 Å². The minimum atomic E-state index is -0.0469. The van der Waals surface area contributed by atoms with Gasteiger partial charge in [0.2, 0.25) is 5.91 Å². The molecule has 3 rings (SSSR count). The lowest BCUT2D eigenvalue weighted by Crippen LogP contribution is -2.38. The van der Waals surface area contributed by atoms with Gasteiger partial charge >= 0.3 is 0 Å². The fraction of sp³-hybridized carbons (Fsp3) is 0.462. The van der Waals surface area contributed by atoms with Crippen LogP contribution in [0.25, 0.3) is 0 Å². The SMILES string of the molecule is CC(C)c1cccc(C(C)C)c1NC(=O)CN1CCCN(C(=O)c2ccccc2Cl)CC1. The molecular weight excluding hydrogens is 422 g/mol. The summed E-state index contributed by atoms with van der Waals surface area (Å²) in [7, 11) is 0. The Hall–Kier alpha value is -2.37. The van der Waals surface area contributed by atoms with Crippen LogP contribution < -0.4 is 5.32 Å². The summed E-state index contributed by atoms with van der Waals surface area (Å²) in [4.78, 5) is 29.8. The lowest BCUT2D eigenvalue weighted by molar-refractivity contribution is -0.117. The van der Waals surface area contributed by atoms with Crippen molar-refractivity contribution < 1.29 is 9.59 Å². The van der Waals surface area contributed by atoms with Gasteiger partial charge in [-0.05, 0) is 41.5 Å². The molecule has 1 aliphatic heterocycles. The molecule has 5 nitrogen and oxygen atoms in total. The zero-order chi connectivity index (χ0) is 23.3. The maximum Gasteiger partial charge on any atom is 0.255 e. The van der Waals surface area contributed by atoms with Crippen molar-refractivity contribution in [1.82, 2.24) is 9.80 Å². The highest BCUT2D eigenvalue weighted by molar-refractivity contribution is 6.33. The molecule has 0 aliphatic carbocycles. The monoisotopic (exact) mass is 455 g/mol. The van der Waals surface area contributed by atoms with Gasteiger partial charge in [-0.15, -0.1) is 0 Å². The summed E-state index contributed by atoms with van der Waals surface area (Å²) in [6.45, 7) is 11.6. The van der Waals surface area contributed by atoms with Crippen molar-refractivity contribution in [3.63, 3.8) is 0 Å². The number of para-hydroxylation sites is 1. The molecule has 2 aromatic rings. The fourth-order valence-corrected chi connectivity index (χ4v) is 4.43. The van der Waals surface area contributed by atoms with E-state index in [0.29, 0.717) is 48.6 Å². The average molecular weight is 456 g/mol. The number of rotatable bonds is 6. The van der Waals surface area contributed by atoms with Crippen LogP contribution in [-0.4, -0.2) is 54.3 Å². The van der Waals surface area contributed by atoms with Crippen LogP contribution in [0.5, 0.6) is 0 Å². The topological polar surface area (TPSA) is 52.7 Å². The number of amides is 2. The number of carbonyl (C=O) groups is 2. The van der Waals surface area contributed by atoms with Gasteiger partial charge in [-0.25, -0.2) is 0 Å². The largest absolute Gasteiger partial charge is 0.337 e. The first kappa shape index (κ1) is 24.3. The van der Waals surface area contributed by atoms with E-state index in [4.69, 9.17) is 11.6 Å². The maximum absolute atomic E-state index is 13.0. The summed E-state index contributed by atoms with van der Waals surface area (Å²) in [5.41, 5.74) is 3.81. The molecule has 1 heterocycles. The van der Waals surface area contributed by atoms with E-state index in [1.165, 1.54) is 0 Å². The smallest absolute Gasteiger partial charge is 0.255 e. The second-order valence-corrected chi connectivity index (χ2v) is 9.48. The molecule has 0 aromatic heterocycles. The number of anilines is 1. The summed E-state index contributed by atoms with van der Waals surface area (Å²) in [5, 5.41) is 3.67. The number of hydrogen-bond acceptors (Lipinski definition) is 3. The van der Waals surface area contributed by atoms with Gasteiger partial charge in [0.25, 0.3) is 5.91 Å². The summed E-state index contributed by atoms with van der Waals surface area (Å²) in [6.07, 6.45) is 0.823. The zero-order valence-electron chi connectivity index (χ0n) is 19.5. The van der Waals surface area contributed by atoms with Gasteiger partial charge in [0.05, 0.1) is 17.1 Å². The molecule has 1 saturated heterocycles. The second kappa shape index (κ2) is 11.0. The van der Waals surface area contributed by atoms with Crippen LogP contribution >= 0.6 is 11.6 Å². The molecule has 2 aromatic carbocycles. The van der Waals surface area contributed by atoms with Crippen molar-refractivity contribution in [3.8, 4) is 0 Å². The van der Waals surface area contributed by atoms with Crippen molar-refractivity contribution in [2.24, 2.45) is 0 Å². The second-order valence-electron chi connectivity index (χ2n) is 9.07. The van der Waals surface area contributed by atoms with Gasteiger partial charge in [0.1, 0.15) is 0 Å². The van der Waals surface area contributed by atoms with E-state index in [9.17, 15) is 9.59 Å². The Morgan fingerprint density at radius 1 is 0.906 bits per heavy atom. The van der Waals surface area contributed by atoms with E-state index in [-0.39, 0.29) is 11.8 Å². The average Bonchev–Trinajstić information content (AvgIpc) is 2.99. The Bertz CT molecular complexity index is 932. The minimum absolute atomic E-state index is 0.00844. The molecule has 1 fully saturated rings. The number of nitrogens with zero attached hydrogens (tertiary/aromatic N) is 2. The summed E-state index contributed by atoms with van der Waals surface area (Å²) >= 11 is 6.21. The molecule has 1 N–H and O–H groups in total. The van der Waals surface area contributed by atoms with Gasteiger partial charge in [0.15, 0.2) is 0 Å². The Balaban J connectivity index is 1.64. The third kappa shape index (κ3) is 5.90. The van der Waals surface area contributed by atoms with Crippen molar-refractivity contribution in [3.05, 3.63) is 64.2 Å². The fourth-order valence-electron chi connectivity index (χ4n) is 4.21. The summed E-state index contributed by atoms with van der Waals surface area (Å²) < 4.78 is 0. The molecule has 0 spiro atoms. The van der Waals surface area contributed by atoms with Crippen molar-refractivity contribution in [2.75, 3.05) is 38.0 Å². The highest BCUT2D eigenvalue weighted by Crippen LogP contribution is 2.32. The maximum atomic E-state index is 13.0. The lowest BCUT2D eigenvalue weighted by atomic mass is 9.92. The Kier molecular flexibility index (Phi) is 8.32. The zero-order valence-corrected chi connectivity index (χ0v) is 20.3. The predicted octanol–water partition coefficient (Wildman–Crippen LogP) is 5.37. The summed E-state index contributed by atoms with van der Waals surface area (Å²) in [6, 6.07) is 13.4. The first-order valence-corrected chi connectivity index (χ1v) is 11.8. The molecule has 0 bridgehead atoms. The van der Waals surface area contributed by atoms with Crippen LogP contribution in [-0.2, 0) is 4.79 Å². The first-order chi connectivity index (χ1) is 15.3. The van der Waals surface area contributed by atoms with Crippen molar-refractivity contribution >= 4 is 29.1 Å². The molecule has 0 radical (unpaired) electrons. The van der Waals surface area contributed by atoms with Crippen molar-refractivity contribution in [1.29, 1.82) is 0 Å². The summed E-state index contributed by atoms with van der Waals surface area (Å²) in [5.74, 6) is 0.596. The quantitative estimate of drug-likeness (QED) is 0.636. The number of halogens is 1. The molecule has 172 valence electrons. The van der Waals surface area contributed by atoms with Crippen LogP contribution in [0.15, 0.2) is 42.5 Å². The van der Waals surface area contributed by atoms with Gasteiger partial charge < -0.3 is 10.2 Å². The van der Waals surface area contributed by atoms with E-state index < -0.39 is 0 Å². The van der Waals surface area contributed by atoms with E-state index in [1.54, 1.807) is 12.1 Å². The molecule has 2 amide bonds. The lowest BCUT2D eigenvalue weighted by Gasteiger charge is -2.23. The Morgan fingerprint density at radius 3 is 2.19 bits per heavy atom. The van der Waals surface area contributed by atoms with E-state index in [0.717, 1.165) is 29.8 Å². The van der Waals surface area contributed by atoms with Crippen LogP contribution in [0.1, 0.15) is 67.4 Å². The predicted molar refractivity (Wildman–Crippen MR) is 132 cm³/mol. The van der Waals surface area contributed by atoms with E-state index >= 15 is 0 Å². The number of hydrogen-bond donors (Lipinski definition) is 1. The van der Waals surface area contributed by atoms with E-state index in [1.807, 2.05) is 17.0 Å². The highest BCUT2D eigenvalue weighted by Gasteiger charge is 2.23. The minimum Gasteiger partial charge on any atom is -0.337 e. The Morgan fingerprint density at radius 2 is 1.56 bits per heavy atom. The molecule has 32 heavy (non-hydrogen) atoms. The van der Waals surface area contributed by atoms with Gasteiger partial charge in [-0.1, -0.05) is 69.6 Å². The van der Waals surface area contributed by atoms with Gasteiger partial charge in [-0.2, -0.15) is 0 Å². The third-order valence-electron chi connectivity index (χ3n) is 5.98. The number of carbonyl (C=O) groups excluding carboxylic acids is 2. The number of nitrogens with one attached hydrogen (secondary N) is 1. The molecule has 0 atom stereocenters. The first-order valence-electron chi connectivity index (χ1n) is 11.5. The van der Waals surface area contributed by atoms with Crippen LogP contribution in [0, 0.1) is 0 Å². The van der Waals surface area contributed by atoms with Crippen LogP contribution in [0.3, 0.4) is 0 Å². The molecule has 0 unspecified atom stereocenters. The van der Waals surface area contributed by atoms with Gasteiger partial charge in [0, 0.05) is 31.9 Å². The highest BCUT2D eigenvalue weighted by atomic mass is 35.5. The Labute approximate surface area is 196 Å². The third-order valence-corrected chi connectivity index (χ3v) is 6.31. The molecule has 6 heteroatoms. The normalized spacial score (nSPS) is 15.2. The molecule has 0 saturated carbocycles. The van der Waals surface area contributed by atoms with Crippen LogP contribution in [0.4, 0.5) is 5.69 Å². The number of benzene rings is 2. The standard InChI is InChI=1S/C26H34ClN3O2/c1-18(2)20-10-7-11-21(19(3)4)25(20)28-24(31)17-29-13-8-14-30(16-15-29)26(32)22-9-5-6-12-23(22)27/h5-7,9-12,18-19H,8,13-17H2,1-4H3,(H,28,31). The molecular formula is C26H34ClN3O2. The van der Waals surface area contributed by atoms with Crippen LogP contribution in [0.2, 0.25) is 5.02 Å². The van der Waals surface area contributed by atoms with Crippen molar-refractivity contribution in [2.45, 2.75) is 46.0 Å². The molecule has 1 aliphatic rings. The van der Waals surface area contributed by atoms with E-state index in [2.05, 4.69) is 56.1 Å².